The van der Waals surface area contributed by atoms with Crippen molar-refractivity contribution in [3.05, 3.63) is 47.1 Å². The van der Waals surface area contributed by atoms with Gasteiger partial charge in [0, 0.05) is 25.2 Å². The fourth-order valence-electron chi connectivity index (χ4n) is 7.32. The number of aliphatic hydroxyl groups excluding tert-OH is 1. The van der Waals surface area contributed by atoms with Crippen molar-refractivity contribution >= 4 is 11.8 Å². The molecule has 2 N–H and O–H groups in total. The molecule has 0 aromatic carbocycles. The molecule has 4 aliphatic heterocycles. The molecule has 0 radical (unpaired) electrons. The predicted octanol–water partition coefficient (Wildman–Crippen LogP) is 4.35. The van der Waals surface area contributed by atoms with E-state index in [0.29, 0.717) is 54.2 Å². The van der Waals surface area contributed by atoms with Gasteiger partial charge in [-0.3, -0.25) is 9.59 Å². The highest BCUT2D eigenvalue weighted by atomic mass is 16.7. The molecule has 4 heterocycles. The van der Waals surface area contributed by atoms with E-state index in [-0.39, 0.29) is 30.5 Å². The van der Waals surface area contributed by atoms with Crippen LogP contribution in [0, 0.1) is 23.7 Å². The lowest BCUT2D eigenvalue weighted by Gasteiger charge is -2.50. The van der Waals surface area contributed by atoms with Crippen molar-refractivity contribution in [2.24, 2.45) is 23.7 Å². The summed E-state index contributed by atoms with van der Waals surface area (Å²) in [5.41, 5.74) is -0.107. The zero-order valence-corrected chi connectivity index (χ0v) is 25.2. The van der Waals surface area contributed by atoms with Crippen molar-refractivity contribution in [2.45, 2.75) is 116 Å². The number of esters is 1. The third kappa shape index (κ3) is 5.66. The first-order valence-corrected chi connectivity index (χ1v) is 15.2. The van der Waals surface area contributed by atoms with Crippen LogP contribution in [0.15, 0.2) is 47.1 Å². The van der Waals surface area contributed by atoms with E-state index in [1.165, 1.54) is 0 Å². The number of rotatable bonds is 1. The fraction of sp³-hybridized carbons (Fsp3) is 0.697. The van der Waals surface area contributed by atoms with Gasteiger partial charge in [0.2, 0.25) is 0 Å². The van der Waals surface area contributed by atoms with E-state index in [9.17, 15) is 19.8 Å². The summed E-state index contributed by atoms with van der Waals surface area (Å²) in [6, 6.07) is 0. The third-order valence-corrected chi connectivity index (χ3v) is 9.74. The second kappa shape index (κ2) is 11.5. The molecule has 5 rings (SSSR count). The number of hydrogen-bond donors (Lipinski definition) is 2. The van der Waals surface area contributed by atoms with Gasteiger partial charge in [-0.15, -0.1) is 0 Å². The van der Waals surface area contributed by atoms with Crippen LogP contribution in [-0.2, 0) is 28.5 Å². The van der Waals surface area contributed by atoms with Crippen molar-refractivity contribution in [3.8, 4) is 0 Å². The molecule has 0 amide bonds. The highest BCUT2D eigenvalue weighted by Crippen LogP contribution is 2.47. The summed E-state index contributed by atoms with van der Waals surface area (Å²) in [7, 11) is 0. The summed E-state index contributed by atoms with van der Waals surface area (Å²) in [4.78, 5) is 27.1. The molecule has 5 aliphatic rings. The van der Waals surface area contributed by atoms with Gasteiger partial charge in [-0.25, -0.2) is 0 Å². The third-order valence-electron chi connectivity index (χ3n) is 9.74. The number of carbonyl (C=O) groups excluding carboxylic acids is 2. The van der Waals surface area contributed by atoms with E-state index >= 15 is 0 Å². The van der Waals surface area contributed by atoms with Crippen LogP contribution in [0.4, 0.5) is 0 Å². The Balaban J connectivity index is 1.54. The molecule has 0 aromatic heterocycles. The number of hydrogen-bond acceptors (Lipinski definition) is 8. The summed E-state index contributed by atoms with van der Waals surface area (Å²) in [6.07, 6.45) is 8.81. The largest absolute Gasteiger partial charge is 0.462 e. The lowest BCUT2D eigenvalue weighted by molar-refractivity contribution is -0.340. The Morgan fingerprint density at radius 3 is 2.59 bits per heavy atom. The van der Waals surface area contributed by atoms with Crippen LogP contribution < -0.4 is 0 Å². The van der Waals surface area contributed by atoms with E-state index in [1.54, 1.807) is 31.2 Å². The van der Waals surface area contributed by atoms with Gasteiger partial charge in [0.25, 0.3) is 0 Å². The maximum absolute atomic E-state index is 13.9. The number of carbonyl (C=O) groups is 2. The first kappa shape index (κ1) is 30.4. The van der Waals surface area contributed by atoms with E-state index < -0.39 is 41.6 Å². The maximum Gasteiger partial charge on any atom is 0.316 e. The van der Waals surface area contributed by atoms with Crippen molar-refractivity contribution in [1.29, 1.82) is 0 Å². The van der Waals surface area contributed by atoms with E-state index in [4.69, 9.17) is 18.9 Å². The van der Waals surface area contributed by atoms with Crippen molar-refractivity contribution < 1.29 is 38.7 Å². The lowest BCUT2D eigenvalue weighted by Crippen LogP contribution is -2.58. The molecule has 3 fully saturated rings. The molecule has 3 saturated heterocycles. The average molecular weight is 571 g/mol. The molecule has 0 saturated carbocycles. The average Bonchev–Trinajstić information content (AvgIpc) is 3.26. The highest BCUT2D eigenvalue weighted by Gasteiger charge is 2.60. The second-order valence-electron chi connectivity index (χ2n) is 13.2. The Hall–Kier alpha value is -2.10. The smallest absolute Gasteiger partial charge is 0.316 e. The predicted molar refractivity (Wildman–Crippen MR) is 153 cm³/mol. The Labute approximate surface area is 243 Å². The molecular formula is C33H46O8. The van der Waals surface area contributed by atoms with E-state index in [1.807, 2.05) is 19.9 Å². The molecule has 10 atom stereocenters. The Bertz CT molecular complexity index is 1170. The van der Waals surface area contributed by atoms with E-state index in [0.717, 1.165) is 6.42 Å². The van der Waals surface area contributed by atoms with Crippen LogP contribution in [-0.4, -0.2) is 70.5 Å². The number of aliphatic hydroxyl groups is 2. The SMILES string of the molecule is CC1=C[C@H]2C(=O)O[C@H]3C[C@@H](C/C=C(\C)C(=O)[C@@H](C)/C=C/C=C4\CO[C@H]([C@@H]1O)[C@@]42O)O[C@@]1(CC[C@H](C)[C@@H](C(C)C)O1)C3. The molecule has 0 aromatic rings. The normalized spacial score (nSPS) is 47.1. The van der Waals surface area contributed by atoms with Crippen LogP contribution in [0.2, 0.25) is 0 Å². The molecule has 0 unspecified atom stereocenters. The van der Waals surface area contributed by atoms with Gasteiger partial charge in [-0.1, -0.05) is 58.1 Å². The van der Waals surface area contributed by atoms with Gasteiger partial charge >= 0.3 is 5.97 Å². The number of allylic oxidation sites excluding steroid dienone is 4. The van der Waals surface area contributed by atoms with E-state index in [2.05, 4.69) is 20.8 Å². The van der Waals surface area contributed by atoms with Gasteiger partial charge in [0.05, 0.1) is 18.8 Å². The molecule has 1 aliphatic carbocycles. The van der Waals surface area contributed by atoms with Gasteiger partial charge < -0.3 is 29.2 Å². The number of ether oxygens (including phenoxy) is 4. The zero-order chi connectivity index (χ0) is 29.7. The molecule has 1 spiro atoms. The Morgan fingerprint density at radius 2 is 1.85 bits per heavy atom. The minimum absolute atomic E-state index is 0.00615. The summed E-state index contributed by atoms with van der Waals surface area (Å²) >= 11 is 0. The van der Waals surface area contributed by atoms with Crippen molar-refractivity contribution in [2.75, 3.05) is 6.61 Å². The minimum Gasteiger partial charge on any atom is -0.462 e. The van der Waals surface area contributed by atoms with Crippen molar-refractivity contribution in [3.63, 3.8) is 0 Å². The van der Waals surface area contributed by atoms with Gasteiger partial charge in [0.1, 0.15) is 29.8 Å². The monoisotopic (exact) mass is 570 g/mol. The molecule has 8 heteroatoms. The van der Waals surface area contributed by atoms with Crippen molar-refractivity contribution in [1.82, 2.24) is 0 Å². The molecule has 2 bridgehead atoms. The second-order valence-corrected chi connectivity index (χ2v) is 13.2. The lowest BCUT2D eigenvalue weighted by atomic mass is 9.71. The van der Waals surface area contributed by atoms with Crippen LogP contribution in [0.25, 0.3) is 0 Å². The van der Waals surface area contributed by atoms with Gasteiger partial charge in [-0.2, -0.15) is 0 Å². The standard InChI is InChI=1S/C33H46O8/c1-18(2)29-21(5)12-13-32(41-29)16-25-15-24(40-32)11-10-20(4)27(34)19(3)8-7-9-23-17-38-30-28(35)22(6)14-26(31(36)39-25)33(23,30)37/h7-10,14,18-19,21,24-26,28-30,35,37H,11-13,15-17H2,1-6H3/b8-7+,20-10+,23-9+/t19-,21-,24+,25-,26-,28+,29+,30+,32+,33+/m0/s1. The molecular weight excluding hydrogens is 524 g/mol. The van der Waals surface area contributed by atoms with Gasteiger partial charge in [0.15, 0.2) is 11.6 Å². The van der Waals surface area contributed by atoms with Crippen LogP contribution >= 0.6 is 0 Å². The van der Waals surface area contributed by atoms with Crippen LogP contribution in [0.5, 0.6) is 0 Å². The van der Waals surface area contributed by atoms with Crippen LogP contribution in [0.3, 0.4) is 0 Å². The highest BCUT2D eigenvalue weighted by molar-refractivity contribution is 5.97. The summed E-state index contributed by atoms with van der Waals surface area (Å²) < 4.78 is 25.4. The molecule has 8 nitrogen and oxygen atoms in total. The first-order valence-electron chi connectivity index (χ1n) is 15.2. The summed E-state index contributed by atoms with van der Waals surface area (Å²) in [5, 5.41) is 22.9. The zero-order valence-electron chi connectivity index (χ0n) is 25.2. The topological polar surface area (TPSA) is 112 Å². The summed E-state index contributed by atoms with van der Waals surface area (Å²) in [5.74, 6) is -2.20. The maximum atomic E-state index is 13.9. The summed E-state index contributed by atoms with van der Waals surface area (Å²) in [6.45, 7) is 11.9. The number of Topliss-reactive ketones (excluding diaryl/α,β-unsaturated/α-hetero) is 1. The number of fused-ring (bicyclic) bond motifs is 2. The van der Waals surface area contributed by atoms with Gasteiger partial charge in [-0.05, 0) is 55.2 Å². The Morgan fingerprint density at radius 1 is 1.10 bits per heavy atom. The molecule has 226 valence electrons. The van der Waals surface area contributed by atoms with Crippen LogP contribution in [0.1, 0.15) is 73.6 Å². The quantitative estimate of drug-likeness (QED) is 0.354. The first-order chi connectivity index (χ1) is 19.3. The fourth-order valence-corrected chi connectivity index (χ4v) is 7.32. The Kier molecular flexibility index (Phi) is 8.54. The number of ketones is 1. The minimum atomic E-state index is -1.78. The molecule has 41 heavy (non-hydrogen) atoms.